The second kappa shape index (κ2) is 4.99. The van der Waals surface area contributed by atoms with Gasteiger partial charge in [-0.3, -0.25) is 0 Å². The summed E-state index contributed by atoms with van der Waals surface area (Å²) in [5.41, 5.74) is 4.10. The van der Waals surface area contributed by atoms with Crippen LogP contribution < -0.4 is 10.2 Å². The lowest BCUT2D eigenvalue weighted by Crippen LogP contribution is -2.31. The van der Waals surface area contributed by atoms with Crippen LogP contribution in [0.4, 0.5) is 11.4 Å². The van der Waals surface area contributed by atoms with Crippen molar-refractivity contribution >= 4 is 11.4 Å². The van der Waals surface area contributed by atoms with E-state index in [2.05, 4.69) is 56.1 Å². The summed E-state index contributed by atoms with van der Waals surface area (Å²) >= 11 is 0. The van der Waals surface area contributed by atoms with Crippen molar-refractivity contribution in [1.82, 2.24) is 0 Å². The van der Waals surface area contributed by atoms with Crippen molar-refractivity contribution in [3.05, 3.63) is 23.8 Å². The molecule has 2 heteroatoms. The van der Waals surface area contributed by atoms with Gasteiger partial charge in [0.05, 0.1) is 11.4 Å². The Labute approximate surface area is 105 Å². The molecule has 0 radical (unpaired) electrons. The van der Waals surface area contributed by atoms with Crippen LogP contribution in [0.25, 0.3) is 0 Å². The van der Waals surface area contributed by atoms with E-state index >= 15 is 0 Å². The third kappa shape index (κ3) is 2.56. The Morgan fingerprint density at radius 1 is 1.18 bits per heavy atom. The fraction of sp³-hybridized carbons (Fsp3) is 0.600. The van der Waals surface area contributed by atoms with Gasteiger partial charge < -0.3 is 10.2 Å². The van der Waals surface area contributed by atoms with Crippen LogP contribution in [0.2, 0.25) is 0 Å². The molecular weight excluding hydrogens is 208 g/mol. The van der Waals surface area contributed by atoms with Gasteiger partial charge in [0.25, 0.3) is 0 Å². The van der Waals surface area contributed by atoms with Crippen molar-refractivity contribution in [2.45, 2.75) is 46.1 Å². The maximum Gasteiger partial charge on any atom is 0.0607 e. The number of nitrogens with one attached hydrogen (secondary N) is 1. The van der Waals surface area contributed by atoms with Gasteiger partial charge in [-0.25, -0.2) is 0 Å². The number of fused-ring (bicyclic) bond motifs is 1. The molecule has 0 saturated heterocycles. The summed E-state index contributed by atoms with van der Waals surface area (Å²) in [6.45, 7) is 11.3. The Hall–Kier alpha value is -1.18. The lowest BCUT2D eigenvalue weighted by atomic mass is 10.0. The molecule has 0 saturated carbocycles. The van der Waals surface area contributed by atoms with E-state index in [0.29, 0.717) is 12.0 Å². The molecule has 0 atom stereocenters. The monoisotopic (exact) mass is 232 g/mol. The van der Waals surface area contributed by atoms with Gasteiger partial charge >= 0.3 is 0 Å². The molecule has 94 valence electrons. The molecular formula is C15H24N2. The van der Waals surface area contributed by atoms with E-state index in [0.717, 1.165) is 13.1 Å². The van der Waals surface area contributed by atoms with E-state index in [4.69, 9.17) is 0 Å². The molecule has 17 heavy (non-hydrogen) atoms. The molecule has 0 amide bonds. The number of nitrogens with zero attached hydrogens (tertiary/aromatic N) is 1. The number of rotatable bonds is 2. The number of hydrogen-bond acceptors (Lipinski definition) is 2. The molecule has 0 aliphatic carbocycles. The average Bonchev–Trinajstić information content (AvgIpc) is 2.49. The van der Waals surface area contributed by atoms with E-state index in [9.17, 15) is 0 Å². The molecule has 1 aromatic rings. The summed E-state index contributed by atoms with van der Waals surface area (Å²) < 4.78 is 0. The molecule has 0 fully saturated rings. The van der Waals surface area contributed by atoms with Gasteiger partial charge in [-0.1, -0.05) is 19.9 Å². The van der Waals surface area contributed by atoms with Gasteiger partial charge in [-0.2, -0.15) is 0 Å². The Balaban J connectivity index is 2.42. The predicted molar refractivity (Wildman–Crippen MR) is 76.1 cm³/mol. The SMILES string of the molecule is CC(C)c1ccc2c(c1)N(C(C)C)CCCN2. The Morgan fingerprint density at radius 2 is 1.94 bits per heavy atom. The average molecular weight is 232 g/mol. The highest BCUT2D eigenvalue weighted by molar-refractivity contribution is 5.72. The van der Waals surface area contributed by atoms with Crippen LogP contribution in [-0.2, 0) is 0 Å². The Kier molecular flexibility index (Phi) is 3.60. The van der Waals surface area contributed by atoms with Crippen molar-refractivity contribution in [1.29, 1.82) is 0 Å². The lowest BCUT2D eigenvalue weighted by molar-refractivity contribution is 0.672. The molecule has 2 nitrogen and oxygen atoms in total. The van der Waals surface area contributed by atoms with Crippen LogP contribution >= 0.6 is 0 Å². The van der Waals surface area contributed by atoms with Crippen LogP contribution in [0.1, 0.15) is 45.6 Å². The van der Waals surface area contributed by atoms with Gasteiger partial charge in [0.1, 0.15) is 0 Å². The third-order valence-corrected chi connectivity index (χ3v) is 3.51. The largest absolute Gasteiger partial charge is 0.383 e. The highest BCUT2D eigenvalue weighted by Gasteiger charge is 2.18. The molecule has 0 bridgehead atoms. The van der Waals surface area contributed by atoms with Gasteiger partial charge in [-0.15, -0.1) is 0 Å². The van der Waals surface area contributed by atoms with E-state index in [-0.39, 0.29) is 0 Å². The van der Waals surface area contributed by atoms with Gasteiger partial charge in [0.2, 0.25) is 0 Å². The highest BCUT2D eigenvalue weighted by atomic mass is 15.2. The zero-order chi connectivity index (χ0) is 12.4. The molecule has 2 rings (SSSR count). The van der Waals surface area contributed by atoms with E-state index in [1.807, 2.05) is 0 Å². The Morgan fingerprint density at radius 3 is 2.59 bits per heavy atom. The van der Waals surface area contributed by atoms with Crippen molar-refractivity contribution in [3.8, 4) is 0 Å². The van der Waals surface area contributed by atoms with E-state index < -0.39 is 0 Å². The van der Waals surface area contributed by atoms with Crippen LogP contribution in [0, 0.1) is 0 Å². The highest BCUT2D eigenvalue weighted by Crippen LogP contribution is 2.32. The minimum Gasteiger partial charge on any atom is -0.383 e. The van der Waals surface area contributed by atoms with E-state index in [1.165, 1.54) is 23.4 Å². The van der Waals surface area contributed by atoms with Crippen molar-refractivity contribution in [3.63, 3.8) is 0 Å². The first-order valence-electron chi connectivity index (χ1n) is 6.74. The first kappa shape index (κ1) is 12.3. The van der Waals surface area contributed by atoms with Gasteiger partial charge in [0, 0.05) is 19.1 Å². The summed E-state index contributed by atoms with van der Waals surface area (Å²) in [6.07, 6.45) is 1.21. The zero-order valence-corrected chi connectivity index (χ0v) is 11.5. The second-order valence-electron chi connectivity index (χ2n) is 5.50. The molecule has 1 aromatic carbocycles. The first-order valence-corrected chi connectivity index (χ1v) is 6.74. The first-order chi connectivity index (χ1) is 8.09. The smallest absolute Gasteiger partial charge is 0.0607 e. The summed E-state index contributed by atoms with van der Waals surface area (Å²) in [6, 6.07) is 7.42. The summed E-state index contributed by atoms with van der Waals surface area (Å²) in [7, 11) is 0. The number of anilines is 2. The summed E-state index contributed by atoms with van der Waals surface area (Å²) in [4.78, 5) is 2.52. The lowest BCUT2D eigenvalue weighted by Gasteiger charge is -2.29. The molecule has 1 aliphatic heterocycles. The third-order valence-electron chi connectivity index (χ3n) is 3.51. The quantitative estimate of drug-likeness (QED) is 0.833. The van der Waals surface area contributed by atoms with Crippen LogP contribution in [0.15, 0.2) is 18.2 Å². The van der Waals surface area contributed by atoms with Crippen LogP contribution in [0.3, 0.4) is 0 Å². The second-order valence-corrected chi connectivity index (χ2v) is 5.50. The van der Waals surface area contributed by atoms with Crippen LogP contribution in [0.5, 0.6) is 0 Å². The van der Waals surface area contributed by atoms with Crippen molar-refractivity contribution in [2.75, 3.05) is 23.3 Å². The Bertz CT molecular complexity index is 383. The topological polar surface area (TPSA) is 15.3 Å². The number of hydrogen-bond donors (Lipinski definition) is 1. The fourth-order valence-corrected chi connectivity index (χ4v) is 2.42. The van der Waals surface area contributed by atoms with Crippen LogP contribution in [-0.4, -0.2) is 19.1 Å². The molecule has 0 aromatic heterocycles. The fourth-order valence-electron chi connectivity index (χ4n) is 2.42. The van der Waals surface area contributed by atoms with E-state index in [1.54, 1.807) is 0 Å². The molecule has 0 spiro atoms. The number of benzene rings is 1. The van der Waals surface area contributed by atoms with Gasteiger partial charge in [0.15, 0.2) is 0 Å². The predicted octanol–water partition coefficient (Wildman–Crippen LogP) is 3.84. The van der Waals surface area contributed by atoms with Crippen molar-refractivity contribution in [2.24, 2.45) is 0 Å². The standard InChI is InChI=1S/C15H24N2/c1-11(2)13-6-7-14-15(10-13)17(12(3)4)9-5-8-16-14/h6-7,10-12,16H,5,8-9H2,1-4H3. The summed E-state index contributed by atoms with van der Waals surface area (Å²) in [5.74, 6) is 0.595. The zero-order valence-electron chi connectivity index (χ0n) is 11.5. The normalized spacial score (nSPS) is 15.8. The minimum atomic E-state index is 0.566. The minimum absolute atomic E-state index is 0.566. The van der Waals surface area contributed by atoms with Gasteiger partial charge in [-0.05, 0) is 43.9 Å². The molecule has 1 N–H and O–H groups in total. The molecule has 1 aliphatic rings. The summed E-state index contributed by atoms with van der Waals surface area (Å²) in [5, 5.41) is 3.53. The molecule has 1 heterocycles. The maximum atomic E-state index is 3.53. The molecule has 0 unspecified atom stereocenters. The maximum absolute atomic E-state index is 3.53. The van der Waals surface area contributed by atoms with Crippen molar-refractivity contribution < 1.29 is 0 Å².